The minimum absolute atomic E-state index is 0.0306. The quantitative estimate of drug-likeness (QED) is 0.840. The maximum atomic E-state index is 12.3. The van der Waals surface area contributed by atoms with Crippen LogP contribution in [0.25, 0.3) is 0 Å². The van der Waals surface area contributed by atoms with Gasteiger partial charge in [0.25, 0.3) is 0 Å². The van der Waals surface area contributed by atoms with Crippen LogP contribution in [0, 0.1) is 0 Å². The van der Waals surface area contributed by atoms with Crippen molar-refractivity contribution in [3.8, 4) is 0 Å². The second-order valence-corrected chi connectivity index (χ2v) is 6.55. The number of benzene rings is 1. The van der Waals surface area contributed by atoms with Crippen molar-refractivity contribution < 1.29 is 14.4 Å². The summed E-state index contributed by atoms with van der Waals surface area (Å²) in [6.07, 6.45) is 0. The molecule has 1 aliphatic rings. The van der Waals surface area contributed by atoms with Gasteiger partial charge in [-0.05, 0) is 31.3 Å². The zero-order chi connectivity index (χ0) is 18.4. The number of amides is 3. The van der Waals surface area contributed by atoms with Crippen LogP contribution in [0.15, 0.2) is 24.3 Å². The normalized spacial score (nSPS) is 14.6. The highest BCUT2D eigenvalue weighted by atomic mass is 35.5. The van der Waals surface area contributed by atoms with E-state index in [0.29, 0.717) is 36.9 Å². The Balaban J connectivity index is 1.74. The summed E-state index contributed by atoms with van der Waals surface area (Å²) in [5, 5.41) is 3.37. The van der Waals surface area contributed by atoms with Gasteiger partial charge in [-0.1, -0.05) is 11.6 Å². The first-order valence-corrected chi connectivity index (χ1v) is 8.50. The van der Waals surface area contributed by atoms with Crippen LogP contribution in [0.1, 0.15) is 6.92 Å². The van der Waals surface area contributed by atoms with E-state index in [1.165, 1.54) is 6.92 Å². The topological polar surface area (TPSA) is 73.0 Å². The molecule has 7 nitrogen and oxygen atoms in total. The number of nitrogens with one attached hydrogen (secondary N) is 1. The molecular formula is C17H23ClN4O3. The van der Waals surface area contributed by atoms with Crippen molar-refractivity contribution >= 4 is 35.0 Å². The van der Waals surface area contributed by atoms with E-state index in [0.717, 1.165) is 0 Å². The van der Waals surface area contributed by atoms with Crippen LogP contribution in [0.4, 0.5) is 5.69 Å². The van der Waals surface area contributed by atoms with Crippen molar-refractivity contribution in [2.75, 3.05) is 51.6 Å². The highest BCUT2D eigenvalue weighted by molar-refractivity contribution is 6.30. The molecule has 1 aliphatic heterocycles. The Labute approximate surface area is 152 Å². The van der Waals surface area contributed by atoms with E-state index in [4.69, 9.17) is 11.6 Å². The van der Waals surface area contributed by atoms with Crippen molar-refractivity contribution in [1.29, 1.82) is 0 Å². The molecule has 1 N–H and O–H groups in total. The highest BCUT2D eigenvalue weighted by Crippen LogP contribution is 2.13. The zero-order valence-electron chi connectivity index (χ0n) is 14.5. The van der Waals surface area contributed by atoms with E-state index >= 15 is 0 Å². The second kappa shape index (κ2) is 8.82. The average molecular weight is 367 g/mol. The number of carbonyl (C=O) groups excluding carboxylic acids is 3. The summed E-state index contributed by atoms with van der Waals surface area (Å²) in [5.74, 6) is -0.202. The first-order chi connectivity index (χ1) is 11.8. The summed E-state index contributed by atoms with van der Waals surface area (Å²) in [6, 6.07) is 6.84. The molecule has 0 unspecified atom stereocenters. The van der Waals surface area contributed by atoms with Gasteiger partial charge in [0.05, 0.1) is 13.1 Å². The SMILES string of the molecule is CC(=O)N1CCN(C(=O)CN(C)CC(=O)Nc2ccc(Cl)cc2)CC1. The maximum Gasteiger partial charge on any atom is 0.238 e. The van der Waals surface area contributed by atoms with E-state index in [9.17, 15) is 14.4 Å². The Bertz CT molecular complexity index is 627. The molecule has 0 aliphatic carbocycles. The van der Waals surface area contributed by atoms with Crippen molar-refractivity contribution in [3.63, 3.8) is 0 Å². The van der Waals surface area contributed by atoms with Gasteiger partial charge in [0, 0.05) is 43.8 Å². The third-order valence-corrected chi connectivity index (χ3v) is 4.28. The first-order valence-electron chi connectivity index (χ1n) is 8.12. The predicted octanol–water partition coefficient (Wildman–Crippen LogP) is 0.901. The second-order valence-electron chi connectivity index (χ2n) is 6.11. The largest absolute Gasteiger partial charge is 0.339 e. The van der Waals surface area contributed by atoms with Gasteiger partial charge in [0.15, 0.2) is 0 Å². The van der Waals surface area contributed by atoms with Gasteiger partial charge >= 0.3 is 0 Å². The monoisotopic (exact) mass is 366 g/mol. The average Bonchev–Trinajstić information content (AvgIpc) is 2.56. The van der Waals surface area contributed by atoms with Crippen molar-refractivity contribution in [2.45, 2.75) is 6.92 Å². The molecule has 1 saturated heterocycles. The van der Waals surface area contributed by atoms with E-state index in [1.807, 2.05) is 0 Å². The van der Waals surface area contributed by atoms with E-state index in [2.05, 4.69) is 5.32 Å². The third kappa shape index (κ3) is 6.03. The van der Waals surface area contributed by atoms with Crippen LogP contribution in [0.5, 0.6) is 0 Å². The van der Waals surface area contributed by atoms with Crippen LogP contribution in [-0.4, -0.2) is 78.7 Å². The number of rotatable bonds is 5. The molecule has 0 saturated carbocycles. The molecule has 0 aromatic heterocycles. The van der Waals surface area contributed by atoms with Gasteiger partial charge in [0.2, 0.25) is 17.7 Å². The van der Waals surface area contributed by atoms with Crippen LogP contribution in [0.3, 0.4) is 0 Å². The van der Waals surface area contributed by atoms with Gasteiger partial charge in [-0.25, -0.2) is 0 Å². The minimum atomic E-state index is -0.195. The molecular weight excluding hydrogens is 344 g/mol. The summed E-state index contributed by atoms with van der Waals surface area (Å²) in [6.45, 7) is 3.98. The smallest absolute Gasteiger partial charge is 0.238 e. The number of hydrogen-bond donors (Lipinski definition) is 1. The molecule has 0 atom stereocenters. The van der Waals surface area contributed by atoms with E-state index in [-0.39, 0.29) is 30.8 Å². The number of likely N-dealkylation sites (N-methyl/N-ethyl adjacent to an activating group) is 1. The number of anilines is 1. The van der Waals surface area contributed by atoms with E-state index < -0.39 is 0 Å². The number of halogens is 1. The standard InChI is InChI=1S/C17H23ClN4O3/c1-13(23)21-7-9-22(10-8-21)17(25)12-20(2)11-16(24)19-15-5-3-14(18)4-6-15/h3-6H,7-12H2,1-2H3,(H,19,24). The summed E-state index contributed by atoms with van der Waals surface area (Å²) < 4.78 is 0. The Morgan fingerprint density at radius 3 is 2.16 bits per heavy atom. The Kier molecular flexibility index (Phi) is 6.78. The van der Waals surface area contributed by atoms with Gasteiger partial charge in [0.1, 0.15) is 0 Å². The molecule has 0 spiro atoms. The van der Waals surface area contributed by atoms with Gasteiger partial charge < -0.3 is 15.1 Å². The van der Waals surface area contributed by atoms with Crippen molar-refractivity contribution in [2.24, 2.45) is 0 Å². The van der Waals surface area contributed by atoms with Crippen LogP contribution >= 0.6 is 11.6 Å². The van der Waals surface area contributed by atoms with Crippen molar-refractivity contribution in [1.82, 2.24) is 14.7 Å². The van der Waals surface area contributed by atoms with E-state index in [1.54, 1.807) is 46.0 Å². The van der Waals surface area contributed by atoms with Gasteiger partial charge in [-0.15, -0.1) is 0 Å². The van der Waals surface area contributed by atoms with Crippen LogP contribution < -0.4 is 5.32 Å². The molecule has 3 amide bonds. The fourth-order valence-corrected chi connectivity index (χ4v) is 2.76. The number of hydrogen-bond acceptors (Lipinski definition) is 4. The molecule has 8 heteroatoms. The summed E-state index contributed by atoms with van der Waals surface area (Å²) in [5.41, 5.74) is 0.662. The lowest BCUT2D eigenvalue weighted by Crippen LogP contribution is -2.52. The van der Waals surface area contributed by atoms with Gasteiger partial charge in [-0.3, -0.25) is 19.3 Å². The number of carbonyl (C=O) groups is 3. The molecule has 1 aromatic carbocycles. The number of piperazine rings is 1. The third-order valence-electron chi connectivity index (χ3n) is 4.02. The minimum Gasteiger partial charge on any atom is -0.339 e. The lowest BCUT2D eigenvalue weighted by atomic mass is 10.3. The molecule has 136 valence electrons. The van der Waals surface area contributed by atoms with Crippen LogP contribution in [-0.2, 0) is 14.4 Å². The first kappa shape index (κ1) is 19.2. The summed E-state index contributed by atoms with van der Waals surface area (Å²) >= 11 is 5.81. The molecule has 1 fully saturated rings. The predicted molar refractivity (Wildman–Crippen MR) is 96.4 cm³/mol. The zero-order valence-corrected chi connectivity index (χ0v) is 15.3. The Morgan fingerprint density at radius 1 is 1.04 bits per heavy atom. The lowest BCUT2D eigenvalue weighted by molar-refractivity contribution is -0.139. The highest BCUT2D eigenvalue weighted by Gasteiger charge is 2.23. The molecule has 0 bridgehead atoms. The fraction of sp³-hybridized carbons (Fsp3) is 0.471. The molecule has 0 radical (unpaired) electrons. The van der Waals surface area contributed by atoms with Gasteiger partial charge in [-0.2, -0.15) is 0 Å². The maximum absolute atomic E-state index is 12.3. The summed E-state index contributed by atoms with van der Waals surface area (Å²) in [7, 11) is 1.73. The Hall–Kier alpha value is -2.12. The number of nitrogens with zero attached hydrogens (tertiary/aromatic N) is 3. The molecule has 1 aromatic rings. The molecule has 2 rings (SSSR count). The Morgan fingerprint density at radius 2 is 1.60 bits per heavy atom. The molecule has 25 heavy (non-hydrogen) atoms. The van der Waals surface area contributed by atoms with Crippen molar-refractivity contribution in [3.05, 3.63) is 29.3 Å². The lowest BCUT2D eigenvalue weighted by Gasteiger charge is -2.35. The van der Waals surface area contributed by atoms with Crippen LogP contribution in [0.2, 0.25) is 5.02 Å². The fourth-order valence-electron chi connectivity index (χ4n) is 2.64. The molecule has 1 heterocycles. The summed E-state index contributed by atoms with van der Waals surface area (Å²) in [4.78, 5) is 40.8.